The molecule has 1 aliphatic rings. The molecule has 1 aliphatic carbocycles. The molecular formula is C11H22N2O. The van der Waals surface area contributed by atoms with Gasteiger partial charge in [0.1, 0.15) is 0 Å². The van der Waals surface area contributed by atoms with Gasteiger partial charge in [-0.1, -0.05) is 13.3 Å². The molecule has 0 aromatic carbocycles. The Balaban J connectivity index is 2.01. The summed E-state index contributed by atoms with van der Waals surface area (Å²) in [5, 5.41) is 6.09. The molecule has 1 atom stereocenters. The summed E-state index contributed by atoms with van der Waals surface area (Å²) in [4.78, 5) is 11.4. The van der Waals surface area contributed by atoms with E-state index in [1.54, 1.807) is 0 Å². The van der Waals surface area contributed by atoms with Crippen LogP contribution >= 0.6 is 0 Å². The number of hydrogen-bond donors (Lipinski definition) is 2. The minimum atomic E-state index is 0.234. The van der Waals surface area contributed by atoms with Gasteiger partial charge in [0.25, 0.3) is 0 Å². The van der Waals surface area contributed by atoms with Crippen LogP contribution in [0.15, 0.2) is 0 Å². The van der Waals surface area contributed by atoms with Gasteiger partial charge < -0.3 is 10.6 Å². The van der Waals surface area contributed by atoms with Gasteiger partial charge in [-0.05, 0) is 38.3 Å². The minimum absolute atomic E-state index is 0.234. The summed E-state index contributed by atoms with van der Waals surface area (Å²) in [6.45, 7) is 3.90. The molecule has 1 fully saturated rings. The molecule has 82 valence electrons. The van der Waals surface area contributed by atoms with Gasteiger partial charge in [0.2, 0.25) is 5.91 Å². The van der Waals surface area contributed by atoms with Crippen molar-refractivity contribution in [1.82, 2.24) is 10.6 Å². The molecule has 3 nitrogen and oxygen atoms in total. The van der Waals surface area contributed by atoms with Crippen LogP contribution in [0.1, 0.15) is 32.6 Å². The topological polar surface area (TPSA) is 41.1 Å². The van der Waals surface area contributed by atoms with Gasteiger partial charge in [-0.2, -0.15) is 0 Å². The van der Waals surface area contributed by atoms with Crippen molar-refractivity contribution in [2.45, 2.75) is 32.6 Å². The van der Waals surface area contributed by atoms with E-state index in [0.717, 1.165) is 19.5 Å². The standard InChI is InChI=1S/C11H22N2O/c1-9(7-12-2)8-13-11(14)6-10-4-3-5-10/h9-10,12H,3-8H2,1-2H3,(H,13,14). The fourth-order valence-corrected chi connectivity index (χ4v) is 1.74. The molecule has 1 unspecified atom stereocenters. The molecule has 0 saturated heterocycles. The molecule has 1 saturated carbocycles. The molecule has 0 aliphatic heterocycles. The van der Waals surface area contributed by atoms with Crippen molar-refractivity contribution in [1.29, 1.82) is 0 Å². The van der Waals surface area contributed by atoms with Gasteiger partial charge in [0, 0.05) is 13.0 Å². The lowest BCUT2D eigenvalue weighted by Crippen LogP contribution is -2.33. The fourth-order valence-electron chi connectivity index (χ4n) is 1.74. The Hall–Kier alpha value is -0.570. The summed E-state index contributed by atoms with van der Waals surface area (Å²) in [7, 11) is 1.94. The highest BCUT2D eigenvalue weighted by Gasteiger charge is 2.20. The Morgan fingerprint density at radius 1 is 1.43 bits per heavy atom. The van der Waals surface area contributed by atoms with Crippen molar-refractivity contribution in [3.05, 3.63) is 0 Å². The molecule has 14 heavy (non-hydrogen) atoms. The third-order valence-electron chi connectivity index (χ3n) is 2.90. The predicted molar refractivity (Wildman–Crippen MR) is 58.1 cm³/mol. The maximum Gasteiger partial charge on any atom is 0.220 e. The number of rotatable bonds is 6. The van der Waals surface area contributed by atoms with Gasteiger partial charge in [0.05, 0.1) is 0 Å². The van der Waals surface area contributed by atoms with Crippen LogP contribution in [-0.2, 0) is 4.79 Å². The van der Waals surface area contributed by atoms with Crippen molar-refractivity contribution >= 4 is 5.91 Å². The second-order valence-corrected chi connectivity index (χ2v) is 4.47. The Labute approximate surface area is 86.6 Å². The monoisotopic (exact) mass is 198 g/mol. The second kappa shape index (κ2) is 6.02. The molecular weight excluding hydrogens is 176 g/mol. The molecule has 0 bridgehead atoms. The van der Waals surface area contributed by atoms with E-state index in [1.165, 1.54) is 19.3 Å². The molecule has 0 heterocycles. The Morgan fingerprint density at radius 2 is 2.14 bits per heavy atom. The first-order chi connectivity index (χ1) is 6.72. The largest absolute Gasteiger partial charge is 0.356 e. The van der Waals surface area contributed by atoms with Crippen molar-refractivity contribution in [3.63, 3.8) is 0 Å². The highest BCUT2D eigenvalue weighted by molar-refractivity contribution is 5.76. The molecule has 0 aromatic heterocycles. The van der Waals surface area contributed by atoms with Crippen LogP contribution in [-0.4, -0.2) is 26.0 Å². The summed E-state index contributed by atoms with van der Waals surface area (Å²) in [6, 6.07) is 0. The number of carbonyl (C=O) groups is 1. The SMILES string of the molecule is CNCC(C)CNC(=O)CC1CCC1. The average Bonchev–Trinajstić information content (AvgIpc) is 2.09. The van der Waals surface area contributed by atoms with Crippen molar-refractivity contribution in [3.8, 4) is 0 Å². The number of nitrogens with one attached hydrogen (secondary N) is 2. The van der Waals surface area contributed by atoms with E-state index < -0.39 is 0 Å². The third-order valence-corrected chi connectivity index (χ3v) is 2.90. The van der Waals surface area contributed by atoms with Gasteiger partial charge in [-0.25, -0.2) is 0 Å². The molecule has 1 rings (SSSR count). The summed E-state index contributed by atoms with van der Waals surface area (Å²) in [5.41, 5.74) is 0. The minimum Gasteiger partial charge on any atom is -0.356 e. The number of hydrogen-bond acceptors (Lipinski definition) is 2. The van der Waals surface area contributed by atoms with Gasteiger partial charge in [0.15, 0.2) is 0 Å². The van der Waals surface area contributed by atoms with E-state index in [2.05, 4.69) is 17.6 Å². The van der Waals surface area contributed by atoms with Gasteiger partial charge in [-0.15, -0.1) is 0 Å². The quantitative estimate of drug-likeness (QED) is 0.672. The van der Waals surface area contributed by atoms with E-state index >= 15 is 0 Å². The molecule has 0 radical (unpaired) electrons. The predicted octanol–water partition coefficient (Wildman–Crippen LogP) is 1.15. The van der Waals surface area contributed by atoms with Crippen LogP contribution in [0, 0.1) is 11.8 Å². The molecule has 3 heteroatoms. The smallest absolute Gasteiger partial charge is 0.220 e. The molecule has 1 amide bonds. The van der Waals surface area contributed by atoms with E-state index in [-0.39, 0.29) is 5.91 Å². The van der Waals surface area contributed by atoms with E-state index in [1.807, 2.05) is 7.05 Å². The van der Waals surface area contributed by atoms with Crippen LogP contribution in [0.5, 0.6) is 0 Å². The third kappa shape index (κ3) is 4.09. The summed E-state index contributed by atoms with van der Waals surface area (Å²) in [6.07, 6.45) is 4.55. The zero-order valence-corrected chi connectivity index (χ0v) is 9.31. The maximum atomic E-state index is 11.4. The maximum absolute atomic E-state index is 11.4. The van der Waals surface area contributed by atoms with Crippen LogP contribution in [0.4, 0.5) is 0 Å². The van der Waals surface area contributed by atoms with Gasteiger partial charge >= 0.3 is 0 Å². The first kappa shape index (κ1) is 11.5. The first-order valence-corrected chi connectivity index (χ1v) is 5.63. The van der Waals surface area contributed by atoms with Crippen LogP contribution in [0.3, 0.4) is 0 Å². The van der Waals surface area contributed by atoms with Crippen molar-refractivity contribution < 1.29 is 4.79 Å². The number of amides is 1. The number of carbonyl (C=O) groups excluding carboxylic acids is 1. The van der Waals surface area contributed by atoms with E-state index in [9.17, 15) is 4.79 Å². The van der Waals surface area contributed by atoms with Crippen LogP contribution in [0.2, 0.25) is 0 Å². The zero-order chi connectivity index (χ0) is 10.4. The van der Waals surface area contributed by atoms with Crippen LogP contribution in [0.25, 0.3) is 0 Å². The lowest BCUT2D eigenvalue weighted by atomic mass is 9.83. The highest BCUT2D eigenvalue weighted by Crippen LogP contribution is 2.28. The molecule has 2 N–H and O–H groups in total. The lowest BCUT2D eigenvalue weighted by Gasteiger charge is -2.24. The summed E-state index contributed by atoms with van der Waals surface area (Å²) >= 11 is 0. The highest BCUT2D eigenvalue weighted by atomic mass is 16.1. The van der Waals surface area contributed by atoms with E-state index in [0.29, 0.717) is 11.8 Å². The van der Waals surface area contributed by atoms with E-state index in [4.69, 9.17) is 0 Å². The summed E-state index contributed by atoms with van der Waals surface area (Å²) < 4.78 is 0. The lowest BCUT2D eigenvalue weighted by molar-refractivity contribution is -0.122. The Bertz CT molecular complexity index is 178. The zero-order valence-electron chi connectivity index (χ0n) is 9.31. The molecule has 0 aromatic rings. The Kier molecular flexibility index (Phi) is 4.94. The first-order valence-electron chi connectivity index (χ1n) is 5.63. The van der Waals surface area contributed by atoms with Crippen LogP contribution < -0.4 is 10.6 Å². The van der Waals surface area contributed by atoms with Gasteiger partial charge in [-0.3, -0.25) is 4.79 Å². The molecule has 0 spiro atoms. The normalized spacial score (nSPS) is 18.7. The Morgan fingerprint density at radius 3 is 2.64 bits per heavy atom. The van der Waals surface area contributed by atoms with Crippen molar-refractivity contribution in [2.75, 3.05) is 20.1 Å². The fraction of sp³-hybridized carbons (Fsp3) is 0.909. The summed E-state index contributed by atoms with van der Waals surface area (Å²) in [5.74, 6) is 1.43. The average molecular weight is 198 g/mol. The second-order valence-electron chi connectivity index (χ2n) is 4.47. The van der Waals surface area contributed by atoms with Crippen molar-refractivity contribution in [2.24, 2.45) is 11.8 Å².